The third-order valence-electron chi connectivity index (χ3n) is 4.46. The Hall–Kier alpha value is -3.07. The molecule has 0 unspecified atom stereocenters. The number of nitrogens with zero attached hydrogens (tertiary/aromatic N) is 2. The van der Waals surface area contributed by atoms with Gasteiger partial charge in [0.1, 0.15) is 0 Å². The van der Waals surface area contributed by atoms with Crippen LogP contribution in [0.3, 0.4) is 0 Å². The minimum atomic E-state index is -0.603. The maximum Gasteiger partial charge on any atom is 0.338 e. The molecule has 1 fully saturated rings. The van der Waals surface area contributed by atoms with Gasteiger partial charge in [-0.2, -0.15) is 0 Å². The van der Waals surface area contributed by atoms with E-state index in [2.05, 4.69) is 9.88 Å². The Morgan fingerprint density at radius 3 is 2.31 bits per heavy atom. The van der Waals surface area contributed by atoms with E-state index in [4.69, 9.17) is 4.74 Å². The highest BCUT2D eigenvalue weighted by molar-refractivity contribution is 8.14. The predicted octanol–water partition coefficient (Wildman–Crippen LogP) is 2.06. The molecule has 0 bridgehead atoms. The van der Waals surface area contributed by atoms with Gasteiger partial charge in [0.05, 0.1) is 11.3 Å². The second-order valence-corrected chi connectivity index (χ2v) is 7.45. The number of esters is 1. The quantitative estimate of drug-likeness (QED) is 0.695. The molecule has 1 aromatic heterocycles. The van der Waals surface area contributed by atoms with Crippen molar-refractivity contribution in [1.82, 2.24) is 14.8 Å². The number of carbonyl (C=O) groups excluding carboxylic acids is 4. The van der Waals surface area contributed by atoms with E-state index < -0.39 is 18.5 Å². The number of ether oxygens (including phenoxy) is 1. The van der Waals surface area contributed by atoms with Crippen LogP contribution in [0.25, 0.3) is 5.69 Å². The first-order valence-corrected chi connectivity index (χ1v) is 10.0. The maximum atomic E-state index is 12.1. The Labute approximate surface area is 172 Å². The van der Waals surface area contributed by atoms with Crippen molar-refractivity contribution in [2.24, 2.45) is 0 Å². The highest BCUT2D eigenvalue weighted by Gasteiger charge is 2.29. The molecule has 0 atom stereocenters. The first kappa shape index (κ1) is 20.7. The van der Waals surface area contributed by atoms with Crippen molar-refractivity contribution in [3.8, 4) is 5.69 Å². The van der Waals surface area contributed by atoms with Crippen LogP contribution in [-0.2, 0) is 14.3 Å². The van der Waals surface area contributed by atoms with Crippen LogP contribution in [-0.4, -0.2) is 57.9 Å². The van der Waals surface area contributed by atoms with Gasteiger partial charge < -0.3 is 14.6 Å². The molecule has 9 heteroatoms. The molecule has 8 nitrogen and oxygen atoms in total. The number of rotatable bonds is 7. The Balaban J connectivity index is 1.46. The molecular formula is C20H21N3O5S. The third kappa shape index (κ3) is 4.86. The molecule has 1 saturated heterocycles. The molecule has 2 aromatic rings. The summed E-state index contributed by atoms with van der Waals surface area (Å²) in [6.07, 6.45) is 0. The number of carbonyl (C=O) groups is 4. The van der Waals surface area contributed by atoms with Crippen LogP contribution in [0.15, 0.2) is 36.4 Å². The Kier molecular flexibility index (Phi) is 6.38. The van der Waals surface area contributed by atoms with Crippen molar-refractivity contribution in [3.05, 3.63) is 53.3 Å². The van der Waals surface area contributed by atoms with E-state index in [0.29, 0.717) is 5.56 Å². The lowest BCUT2D eigenvalue weighted by Gasteiger charge is -2.13. The van der Waals surface area contributed by atoms with Gasteiger partial charge in [0.2, 0.25) is 5.91 Å². The summed E-state index contributed by atoms with van der Waals surface area (Å²) in [7, 11) is 0. The maximum absolute atomic E-state index is 12.1. The zero-order valence-electron chi connectivity index (χ0n) is 16.1. The Bertz CT molecular complexity index is 916. The van der Waals surface area contributed by atoms with Gasteiger partial charge in [-0.15, -0.1) is 0 Å². The average molecular weight is 415 g/mol. The van der Waals surface area contributed by atoms with Crippen LogP contribution in [0.2, 0.25) is 0 Å². The molecule has 0 radical (unpaired) electrons. The van der Waals surface area contributed by atoms with Gasteiger partial charge in [0.25, 0.3) is 11.1 Å². The number of aromatic nitrogens is 1. The summed E-state index contributed by atoms with van der Waals surface area (Å²) in [5, 5.41) is 2.21. The molecule has 1 aromatic carbocycles. The lowest BCUT2D eigenvalue weighted by Crippen LogP contribution is -2.38. The van der Waals surface area contributed by atoms with Crippen molar-refractivity contribution in [1.29, 1.82) is 0 Å². The Morgan fingerprint density at radius 1 is 1.07 bits per heavy atom. The first-order valence-electron chi connectivity index (χ1n) is 9.03. The van der Waals surface area contributed by atoms with Crippen LogP contribution in [0.1, 0.15) is 21.7 Å². The van der Waals surface area contributed by atoms with E-state index in [9.17, 15) is 19.2 Å². The summed E-state index contributed by atoms with van der Waals surface area (Å²) < 4.78 is 7.09. The second kappa shape index (κ2) is 8.95. The molecule has 3 amide bonds. The van der Waals surface area contributed by atoms with Gasteiger partial charge in [-0.1, -0.05) is 11.8 Å². The highest BCUT2D eigenvalue weighted by Crippen LogP contribution is 2.18. The molecule has 0 spiro atoms. The van der Waals surface area contributed by atoms with Gasteiger partial charge in [-0.25, -0.2) is 4.79 Å². The number of hydrogen-bond acceptors (Lipinski definition) is 6. The molecule has 2 heterocycles. The minimum absolute atomic E-state index is 0.101. The minimum Gasteiger partial charge on any atom is -0.452 e. The highest BCUT2D eigenvalue weighted by atomic mass is 32.2. The van der Waals surface area contributed by atoms with Gasteiger partial charge >= 0.3 is 5.97 Å². The summed E-state index contributed by atoms with van der Waals surface area (Å²) in [4.78, 5) is 48.0. The summed E-state index contributed by atoms with van der Waals surface area (Å²) in [5.41, 5.74) is 3.45. The lowest BCUT2D eigenvalue weighted by molar-refractivity contribution is -0.126. The van der Waals surface area contributed by atoms with Crippen molar-refractivity contribution >= 4 is 34.8 Å². The summed E-state index contributed by atoms with van der Waals surface area (Å²) >= 11 is 0.939. The SMILES string of the molecule is Cc1ccc(C)n1-c1ccc(C(=O)OCC(=O)NCCN2C(=O)CSC2=O)cc1. The zero-order chi connectivity index (χ0) is 21.0. The number of nitrogens with one attached hydrogen (secondary N) is 1. The van der Waals surface area contributed by atoms with E-state index in [0.717, 1.165) is 33.7 Å². The average Bonchev–Trinajstić information content (AvgIpc) is 3.21. The van der Waals surface area contributed by atoms with E-state index in [1.54, 1.807) is 12.1 Å². The Morgan fingerprint density at radius 2 is 1.72 bits per heavy atom. The normalized spacial score (nSPS) is 13.7. The number of thioether (sulfide) groups is 1. The topological polar surface area (TPSA) is 97.7 Å². The fourth-order valence-corrected chi connectivity index (χ4v) is 3.74. The number of aryl methyl sites for hydroxylation is 2. The van der Waals surface area contributed by atoms with E-state index in [1.165, 1.54) is 0 Å². The van der Waals surface area contributed by atoms with Gasteiger partial charge in [0, 0.05) is 30.2 Å². The second-order valence-electron chi connectivity index (χ2n) is 6.52. The fraction of sp³-hybridized carbons (Fsp3) is 0.300. The van der Waals surface area contributed by atoms with E-state index in [1.807, 2.05) is 38.1 Å². The van der Waals surface area contributed by atoms with Crippen LogP contribution in [0.5, 0.6) is 0 Å². The first-order chi connectivity index (χ1) is 13.9. The molecule has 29 heavy (non-hydrogen) atoms. The van der Waals surface area contributed by atoms with Crippen LogP contribution in [0, 0.1) is 13.8 Å². The van der Waals surface area contributed by atoms with Crippen molar-refractivity contribution in [2.45, 2.75) is 13.8 Å². The van der Waals surface area contributed by atoms with Crippen molar-refractivity contribution < 1.29 is 23.9 Å². The van der Waals surface area contributed by atoms with Gasteiger partial charge in [-0.05, 0) is 50.2 Å². The number of amides is 3. The predicted molar refractivity (Wildman–Crippen MR) is 108 cm³/mol. The van der Waals surface area contributed by atoms with Gasteiger partial charge in [0.15, 0.2) is 6.61 Å². The molecule has 1 aliphatic rings. The van der Waals surface area contributed by atoms with Crippen LogP contribution >= 0.6 is 11.8 Å². The summed E-state index contributed by atoms with van der Waals surface area (Å²) in [6, 6.07) is 11.0. The number of benzene rings is 1. The molecule has 0 saturated carbocycles. The summed E-state index contributed by atoms with van der Waals surface area (Å²) in [5.74, 6) is -1.24. The number of imide groups is 1. The molecule has 1 aliphatic heterocycles. The lowest BCUT2D eigenvalue weighted by atomic mass is 10.2. The zero-order valence-corrected chi connectivity index (χ0v) is 17.0. The summed E-state index contributed by atoms with van der Waals surface area (Å²) in [6.45, 7) is 3.78. The molecule has 152 valence electrons. The standard InChI is InChI=1S/C20H21N3O5S/c1-13-3-4-14(2)23(13)16-7-5-15(6-8-16)19(26)28-11-17(24)21-9-10-22-18(25)12-29-20(22)27/h3-8H,9-12H2,1-2H3,(H,21,24). The fourth-order valence-electron chi connectivity index (χ4n) is 2.99. The third-order valence-corrected chi connectivity index (χ3v) is 5.32. The monoisotopic (exact) mass is 415 g/mol. The smallest absolute Gasteiger partial charge is 0.338 e. The van der Waals surface area contributed by atoms with Crippen molar-refractivity contribution in [2.75, 3.05) is 25.4 Å². The van der Waals surface area contributed by atoms with Crippen LogP contribution in [0.4, 0.5) is 4.79 Å². The molecule has 1 N–H and O–H groups in total. The van der Waals surface area contributed by atoms with E-state index in [-0.39, 0.29) is 30.0 Å². The molecular weight excluding hydrogens is 394 g/mol. The van der Waals surface area contributed by atoms with Crippen molar-refractivity contribution in [3.63, 3.8) is 0 Å². The number of hydrogen-bond donors (Lipinski definition) is 1. The van der Waals surface area contributed by atoms with Crippen LogP contribution < -0.4 is 5.32 Å². The largest absolute Gasteiger partial charge is 0.452 e. The van der Waals surface area contributed by atoms with E-state index >= 15 is 0 Å². The van der Waals surface area contributed by atoms with Gasteiger partial charge in [-0.3, -0.25) is 19.3 Å². The molecule has 0 aliphatic carbocycles. The molecule has 3 rings (SSSR count).